The van der Waals surface area contributed by atoms with Crippen LogP contribution in [0.4, 0.5) is 4.39 Å². The van der Waals surface area contributed by atoms with Crippen LogP contribution in [0.2, 0.25) is 0 Å². The Hall–Kier alpha value is -2.43. The molecular formula is C22H26FNO3. The number of ketones is 1. The molecule has 1 aromatic rings. The number of benzene rings is 1. The van der Waals surface area contributed by atoms with Gasteiger partial charge in [-0.05, 0) is 42.9 Å². The van der Waals surface area contributed by atoms with Gasteiger partial charge in [-0.3, -0.25) is 4.79 Å². The highest BCUT2D eigenvalue weighted by molar-refractivity contribution is 6.04. The fourth-order valence-corrected chi connectivity index (χ4v) is 4.10. The predicted octanol–water partition coefficient (Wildman–Crippen LogP) is 4.38. The van der Waals surface area contributed by atoms with Crippen molar-refractivity contribution < 1.29 is 18.7 Å². The first kappa shape index (κ1) is 19.3. The molecule has 0 saturated carbocycles. The van der Waals surface area contributed by atoms with Crippen molar-refractivity contribution in [1.29, 1.82) is 0 Å². The van der Waals surface area contributed by atoms with Gasteiger partial charge in [0.15, 0.2) is 5.78 Å². The number of allylic oxidation sites excluding steroid dienone is 3. The van der Waals surface area contributed by atoms with Gasteiger partial charge in [0, 0.05) is 29.3 Å². The van der Waals surface area contributed by atoms with Crippen LogP contribution in [0.3, 0.4) is 0 Å². The van der Waals surface area contributed by atoms with Crippen LogP contribution in [0.5, 0.6) is 0 Å². The molecule has 0 aromatic heterocycles. The number of esters is 1. The molecule has 0 spiro atoms. The van der Waals surface area contributed by atoms with E-state index in [2.05, 4.69) is 19.2 Å². The average molecular weight is 371 g/mol. The number of carbonyl (C=O) groups excluding carboxylic acids is 2. The van der Waals surface area contributed by atoms with E-state index in [9.17, 15) is 14.0 Å². The number of ether oxygens (including phenoxy) is 1. The maximum absolute atomic E-state index is 14.0. The molecule has 27 heavy (non-hydrogen) atoms. The first-order valence-corrected chi connectivity index (χ1v) is 9.46. The number of hydrogen-bond acceptors (Lipinski definition) is 4. The van der Waals surface area contributed by atoms with E-state index in [0.29, 0.717) is 36.0 Å². The Morgan fingerprint density at radius 1 is 1.30 bits per heavy atom. The van der Waals surface area contributed by atoms with Crippen LogP contribution in [0.15, 0.2) is 46.8 Å². The highest BCUT2D eigenvalue weighted by Gasteiger charge is 2.43. The third kappa shape index (κ3) is 3.68. The summed E-state index contributed by atoms with van der Waals surface area (Å²) in [6, 6.07) is 6.14. The van der Waals surface area contributed by atoms with Gasteiger partial charge in [-0.2, -0.15) is 0 Å². The molecule has 1 atom stereocenters. The van der Waals surface area contributed by atoms with Crippen molar-refractivity contribution in [1.82, 2.24) is 5.32 Å². The van der Waals surface area contributed by atoms with E-state index in [1.807, 2.05) is 6.92 Å². The fourth-order valence-electron chi connectivity index (χ4n) is 4.10. The molecule has 1 heterocycles. The zero-order valence-electron chi connectivity index (χ0n) is 16.3. The van der Waals surface area contributed by atoms with E-state index in [-0.39, 0.29) is 17.8 Å². The minimum Gasteiger partial charge on any atom is -0.463 e. The van der Waals surface area contributed by atoms with Gasteiger partial charge in [-0.1, -0.05) is 32.9 Å². The Balaban J connectivity index is 2.22. The van der Waals surface area contributed by atoms with E-state index in [4.69, 9.17) is 4.74 Å². The van der Waals surface area contributed by atoms with E-state index in [1.54, 1.807) is 19.1 Å². The van der Waals surface area contributed by atoms with E-state index in [1.165, 1.54) is 12.1 Å². The highest BCUT2D eigenvalue weighted by atomic mass is 19.1. The number of carbonyl (C=O) groups is 2. The molecule has 0 amide bonds. The quantitative estimate of drug-likeness (QED) is 0.798. The van der Waals surface area contributed by atoms with Crippen LogP contribution in [0.25, 0.3) is 0 Å². The molecule has 4 nitrogen and oxygen atoms in total. The lowest BCUT2D eigenvalue weighted by molar-refractivity contribution is -0.138. The molecule has 1 aromatic carbocycles. The van der Waals surface area contributed by atoms with Crippen LogP contribution in [-0.4, -0.2) is 18.4 Å². The molecule has 0 bridgehead atoms. The summed E-state index contributed by atoms with van der Waals surface area (Å²) in [4.78, 5) is 25.9. The molecule has 5 heteroatoms. The minimum atomic E-state index is -0.602. The molecule has 1 aliphatic heterocycles. The summed E-state index contributed by atoms with van der Waals surface area (Å²) in [5.74, 6) is -1.45. The minimum absolute atomic E-state index is 0.0000345. The molecule has 0 saturated heterocycles. The second-order valence-corrected chi connectivity index (χ2v) is 7.91. The Morgan fingerprint density at radius 2 is 2.04 bits per heavy atom. The molecular weight excluding hydrogens is 345 g/mol. The summed E-state index contributed by atoms with van der Waals surface area (Å²) >= 11 is 0. The van der Waals surface area contributed by atoms with E-state index < -0.39 is 17.7 Å². The van der Waals surface area contributed by atoms with Crippen molar-refractivity contribution in [2.45, 2.75) is 52.9 Å². The predicted molar refractivity (Wildman–Crippen MR) is 101 cm³/mol. The molecule has 3 rings (SSSR count). The van der Waals surface area contributed by atoms with Crippen molar-refractivity contribution in [2.75, 3.05) is 6.61 Å². The Labute approximate surface area is 159 Å². The second-order valence-electron chi connectivity index (χ2n) is 7.91. The normalized spacial score (nSPS) is 21.7. The number of rotatable bonds is 4. The summed E-state index contributed by atoms with van der Waals surface area (Å²) < 4.78 is 19.3. The van der Waals surface area contributed by atoms with Gasteiger partial charge in [-0.25, -0.2) is 9.18 Å². The number of dihydropyridines is 1. The molecule has 0 radical (unpaired) electrons. The van der Waals surface area contributed by atoms with Crippen molar-refractivity contribution in [3.8, 4) is 0 Å². The summed E-state index contributed by atoms with van der Waals surface area (Å²) in [6.45, 7) is 8.05. The first-order chi connectivity index (χ1) is 12.8. The zero-order chi connectivity index (χ0) is 19.8. The van der Waals surface area contributed by atoms with Gasteiger partial charge >= 0.3 is 5.97 Å². The van der Waals surface area contributed by atoms with Crippen LogP contribution >= 0.6 is 0 Å². The smallest absolute Gasteiger partial charge is 0.336 e. The molecule has 0 fully saturated rings. The number of hydrogen-bond donors (Lipinski definition) is 1. The molecule has 1 N–H and O–H groups in total. The topological polar surface area (TPSA) is 55.4 Å². The second kappa shape index (κ2) is 7.29. The third-order valence-corrected chi connectivity index (χ3v) is 5.16. The van der Waals surface area contributed by atoms with Crippen molar-refractivity contribution >= 4 is 11.8 Å². The van der Waals surface area contributed by atoms with Crippen molar-refractivity contribution in [3.63, 3.8) is 0 Å². The average Bonchev–Trinajstić information content (AvgIpc) is 2.59. The lowest BCUT2D eigenvalue weighted by Crippen LogP contribution is -2.39. The maximum Gasteiger partial charge on any atom is 0.336 e. The van der Waals surface area contributed by atoms with Gasteiger partial charge in [0.1, 0.15) is 5.82 Å². The van der Waals surface area contributed by atoms with Crippen LogP contribution < -0.4 is 5.32 Å². The van der Waals surface area contributed by atoms with E-state index in [0.717, 1.165) is 11.4 Å². The lowest BCUT2D eigenvalue weighted by atomic mass is 9.68. The number of Topliss-reactive ketones (excluding diaryl/α,β-unsaturated/α-hetero) is 1. The van der Waals surface area contributed by atoms with Crippen LogP contribution in [0, 0.1) is 11.2 Å². The summed E-state index contributed by atoms with van der Waals surface area (Å²) in [6.07, 6.45) is 1.70. The molecule has 2 aliphatic rings. The van der Waals surface area contributed by atoms with Crippen LogP contribution in [-0.2, 0) is 14.3 Å². The maximum atomic E-state index is 14.0. The van der Waals surface area contributed by atoms with Crippen molar-refractivity contribution in [2.24, 2.45) is 5.41 Å². The molecule has 1 unspecified atom stereocenters. The monoisotopic (exact) mass is 371 g/mol. The summed E-state index contributed by atoms with van der Waals surface area (Å²) in [5.41, 5.74) is 3.01. The summed E-state index contributed by atoms with van der Waals surface area (Å²) in [7, 11) is 0. The zero-order valence-corrected chi connectivity index (χ0v) is 16.3. The summed E-state index contributed by atoms with van der Waals surface area (Å²) in [5, 5.41) is 3.34. The van der Waals surface area contributed by atoms with Gasteiger partial charge in [0.2, 0.25) is 0 Å². The number of nitrogens with one attached hydrogen (secondary N) is 1. The Morgan fingerprint density at radius 3 is 2.67 bits per heavy atom. The third-order valence-electron chi connectivity index (χ3n) is 5.16. The Kier molecular flexibility index (Phi) is 5.22. The van der Waals surface area contributed by atoms with Gasteiger partial charge in [-0.15, -0.1) is 0 Å². The lowest BCUT2D eigenvalue weighted by Gasteiger charge is -2.40. The van der Waals surface area contributed by atoms with Gasteiger partial charge in [0.05, 0.1) is 12.2 Å². The number of halogens is 1. The first-order valence-electron chi connectivity index (χ1n) is 9.46. The molecule has 144 valence electrons. The van der Waals surface area contributed by atoms with Crippen LogP contribution in [0.1, 0.15) is 58.4 Å². The fraction of sp³-hybridized carbons (Fsp3) is 0.455. The van der Waals surface area contributed by atoms with Gasteiger partial charge in [0.25, 0.3) is 0 Å². The Bertz CT molecular complexity index is 851. The highest BCUT2D eigenvalue weighted by Crippen LogP contribution is 2.47. The molecule has 1 aliphatic carbocycles. The largest absolute Gasteiger partial charge is 0.463 e. The van der Waals surface area contributed by atoms with E-state index >= 15 is 0 Å². The van der Waals surface area contributed by atoms with Crippen molar-refractivity contribution in [3.05, 3.63) is 58.2 Å². The SMILES string of the molecule is CCOC(=O)C1=C(CC)NC2=C(C(=O)CC(C)(C)C2)C1c1cccc(F)c1. The standard InChI is InChI=1S/C22H26FNO3/c1-5-15-20(21(26)27-6-2)18(13-8-7-9-14(23)10-13)19-16(24-15)11-22(3,4)12-17(19)25/h7-10,18,24H,5-6,11-12H2,1-4H3. The van der Waals surface area contributed by atoms with Gasteiger partial charge < -0.3 is 10.1 Å².